The number of benzene rings is 2. The quantitative estimate of drug-likeness (QED) is 0.418. The van der Waals surface area contributed by atoms with Crippen molar-refractivity contribution < 1.29 is 22.7 Å². The summed E-state index contributed by atoms with van der Waals surface area (Å²) >= 11 is 0. The molecule has 2 heterocycles. The zero-order valence-electron chi connectivity index (χ0n) is 16.9. The summed E-state index contributed by atoms with van der Waals surface area (Å²) < 4.78 is 39.2. The van der Waals surface area contributed by atoms with Crippen LogP contribution in [0.3, 0.4) is 0 Å². The summed E-state index contributed by atoms with van der Waals surface area (Å²) in [5.41, 5.74) is 7.58. The third-order valence-electron chi connectivity index (χ3n) is 4.54. The molecule has 0 fully saturated rings. The van der Waals surface area contributed by atoms with E-state index >= 15 is 0 Å². The van der Waals surface area contributed by atoms with Crippen LogP contribution in [0.1, 0.15) is 15.9 Å². The van der Waals surface area contributed by atoms with Gasteiger partial charge in [0.1, 0.15) is 5.82 Å². The van der Waals surface area contributed by atoms with Crippen LogP contribution >= 0.6 is 0 Å². The van der Waals surface area contributed by atoms with Crippen LogP contribution in [0.5, 0.6) is 0 Å². The minimum absolute atomic E-state index is 0.0888. The Bertz CT molecular complexity index is 1340. The van der Waals surface area contributed by atoms with E-state index in [1.165, 1.54) is 54.6 Å². The molecule has 0 amide bonds. The van der Waals surface area contributed by atoms with Gasteiger partial charge in [0.15, 0.2) is 0 Å². The first-order valence-corrected chi connectivity index (χ1v) is 10.8. The Morgan fingerprint density at radius 1 is 1.09 bits per heavy atom. The SMILES string of the molecule is CNS(=O)(=O)c1ccc(CN)cc1.O=C(O)c1cncc2c1cnn2-c1ccc(F)cc1. The molecule has 4 aromatic rings. The molecule has 0 spiro atoms. The normalized spacial score (nSPS) is 11.1. The lowest BCUT2D eigenvalue weighted by Gasteiger charge is -2.03. The molecule has 0 aliphatic carbocycles. The van der Waals surface area contributed by atoms with Gasteiger partial charge in [0, 0.05) is 18.1 Å². The fourth-order valence-electron chi connectivity index (χ4n) is 2.82. The molecule has 9 nitrogen and oxygen atoms in total. The number of rotatable bonds is 5. The van der Waals surface area contributed by atoms with Crippen LogP contribution in [0.4, 0.5) is 4.39 Å². The van der Waals surface area contributed by atoms with Crippen molar-refractivity contribution in [1.29, 1.82) is 0 Å². The van der Waals surface area contributed by atoms with Crippen molar-refractivity contribution in [3.63, 3.8) is 0 Å². The number of aromatic nitrogens is 3. The van der Waals surface area contributed by atoms with Crippen molar-refractivity contribution in [2.45, 2.75) is 11.4 Å². The Balaban J connectivity index is 0.000000195. The highest BCUT2D eigenvalue weighted by Crippen LogP contribution is 2.20. The lowest BCUT2D eigenvalue weighted by Crippen LogP contribution is -2.18. The molecule has 0 saturated carbocycles. The highest BCUT2D eigenvalue weighted by molar-refractivity contribution is 7.89. The zero-order chi connectivity index (χ0) is 23.3. The van der Waals surface area contributed by atoms with Crippen molar-refractivity contribution in [3.8, 4) is 5.69 Å². The smallest absolute Gasteiger partial charge is 0.338 e. The van der Waals surface area contributed by atoms with E-state index in [4.69, 9.17) is 10.8 Å². The van der Waals surface area contributed by atoms with Gasteiger partial charge in [-0.25, -0.2) is 27.0 Å². The van der Waals surface area contributed by atoms with E-state index in [9.17, 15) is 17.6 Å². The molecular weight excluding hydrogens is 437 g/mol. The Labute approximate surface area is 183 Å². The fourth-order valence-corrected chi connectivity index (χ4v) is 3.55. The highest BCUT2D eigenvalue weighted by atomic mass is 32.2. The van der Waals surface area contributed by atoms with Gasteiger partial charge in [-0.2, -0.15) is 5.10 Å². The molecule has 0 aliphatic heterocycles. The van der Waals surface area contributed by atoms with Gasteiger partial charge in [0.2, 0.25) is 10.0 Å². The molecule has 0 atom stereocenters. The molecule has 0 saturated heterocycles. The van der Waals surface area contributed by atoms with Crippen LogP contribution in [0.25, 0.3) is 16.6 Å². The third-order valence-corrected chi connectivity index (χ3v) is 5.97. The number of halogens is 1. The maximum Gasteiger partial charge on any atom is 0.338 e. The Morgan fingerprint density at radius 2 is 1.75 bits per heavy atom. The maximum absolute atomic E-state index is 12.9. The number of carboxylic acid groups (broad SMARTS) is 1. The van der Waals surface area contributed by atoms with E-state index in [0.717, 1.165) is 5.56 Å². The van der Waals surface area contributed by atoms with Gasteiger partial charge < -0.3 is 10.8 Å². The average molecular weight is 457 g/mol. The second-order valence-corrected chi connectivity index (χ2v) is 8.40. The first-order valence-electron chi connectivity index (χ1n) is 9.30. The summed E-state index contributed by atoms with van der Waals surface area (Å²) in [5.74, 6) is -1.40. The molecule has 4 N–H and O–H groups in total. The predicted molar refractivity (Wildman–Crippen MR) is 116 cm³/mol. The van der Waals surface area contributed by atoms with Crippen LogP contribution in [0.2, 0.25) is 0 Å². The number of hydrogen-bond acceptors (Lipinski definition) is 6. The van der Waals surface area contributed by atoms with Crippen LogP contribution < -0.4 is 10.5 Å². The van der Waals surface area contributed by atoms with Gasteiger partial charge in [0.25, 0.3) is 0 Å². The Kier molecular flexibility index (Phi) is 6.93. The number of hydrogen-bond donors (Lipinski definition) is 3. The van der Waals surface area contributed by atoms with Crippen LogP contribution in [-0.2, 0) is 16.6 Å². The third kappa shape index (κ3) is 4.97. The Morgan fingerprint density at radius 3 is 2.31 bits per heavy atom. The molecule has 0 bridgehead atoms. The number of aromatic carboxylic acids is 1. The molecule has 4 rings (SSSR count). The molecule has 32 heavy (non-hydrogen) atoms. The lowest BCUT2D eigenvalue weighted by molar-refractivity contribution is 0.0698. The molecule has 2 aromatic heterocycles. The van der Waals surface area contributed by atoms with E-state index in [1.807, 2.05) is 0 Å². The Hall–Kier alpha value is -3.67. The number of carbonyl (C=O) groups is 1. The average Bonchev–Trinajstić information content (AvgIpc) is 3.24. The summed E-state index contributed by atoms with van der Waals surface area (Å²) in [6.45, 7) is 0.417. The van der Waals surface area contributed by atoms with Gasteiger partial charge in [-0.15, -0.1) is 0 Å². The second-order valence-electron chi connectivity index (χ2n) is 6.51. The molecule has 2 aromatic carbocycles. The number of nitrogens with one attached hydrogen (secondary N) is 1. The second kappa shape index (κ2) is 9.64. The summed E-state index contributed by atoms with van der Waals surface area (Å²) in [6.07, 6.45) is 4.27. The van der Waals surface area contributed by atoms with E-state index in [0.29, 0.717) is 23.1 Å². The van der Waals surface area contributed by atoms with E-state index < -0.39 is 16.0 Å². The van der Waals surface area contributed by atoms with Crippen molar-refractivity contribution in [3.05, 3.63) is 84.1 Å². The minimum atomic E-state index is -3.31. The first-order chi connectivity index (χ1) is 15.3. The predicted octanol–water partition coefficient (Wildman–Crippen LogP) is 2.31. The van der Waals surface area contributed by atoms with Crippen molar-refractivity contribution >= 4 is 26.9 Å². The first kappa shape index (κ1) is 23.0. The summed E-state index contributed by atoms with van der Waals surface area (Å²) in [5, 5.41) is 13.7. The summed E-state index contributed by atoms with van der Waals surface area (Å²) in [6, 6.07) is 12.2. The number of carboxylic acids is 1. The standard InChI is InChI=1S/C13H8FN3O2.C8H12N2O2S/c14-8-1-3-9(4-2-8)17-12-7-15-5-11(13(18)19)10(12)6-16-17;1-10-13(11,12)8-4-2-7(6-9)3-5-8/h1-7H,(H,18,19);2-5,10H,6,9H2,1H3. The van der Waals surface area contributed by atoms with Gasteiger partial charge >= 0.3 is 5.97 Å². The molecular formula is C21H20FN5O4S. The molecule has 166 valence electrons. The highest BCUT2D eigenvalue weighted by Gasteiger charge is 2.13. The van der Waals surface area contributed by atoms with Crippen molar-refractivity contribution in [2.75, 3.05) is 7.05 Å². The number of sulfonamides is 1. The number of nitrogens with two attached hydrogens (primary N) is 1. The largest absolute Gasteiger partial charge is 0.478 e. The van der Waals surface area contributed by atoms with Crippen molar-refractivity contribution in [1.82, 2.24) is 19.5 Å². The number of nitrogens with zero attached hydrogens (tertiary/aromatic N) is 3. The molecule has 0 radical (unpaired) electrons. The van der Waals surface area contributed by atoms with Crippen LogP contribution in [0.15, 0.2) is 72.0 Å². The van der Waals surface area contributed by atoms with Gasteiger partial charge in [-0.3, -0.25) is 4.98 Å². The molecule has 0 unspecified atom stereocenters. The zero-order valence-corrected chi connectivity index (χ0v) is 17.8. The summed E-state index contributed by atoms with van der Waals surface area (Å²) in [4.78, 5) is 15.2. The number of fused-ring (bicyclic) bond motifs is 1. The van der Waals surface area contributed by atoms with E-state index in [2.05, 4.69) is 14.8 Å². The van der Waals surface area contributed by atoms with Crippen LogP contribution in [0, 0.1) is 5.82 Å². The van der Waals surface area contributed by atoms with Gasteiger partial charge in [-0.1, -0.05) is 12.1 Å². The van der Waals surface area contributed by atoms with E-state index in [1.54, 1.807) is 24.3 Å². The minimum Gasteiger partial charge on any atom is -0.478 e. The fraction of sp³-hybridized carbons (Fsp3) is 0.0952. The van der Waals surface area contributed by atoms with Crippen LogP contribution in [-0.4, -0.2) is 41.3 Å². The topological polar surface area (TPSA) is 140 Å². The van der Waals surface area contributed by atoms with Gasteiger partial charge in [0.05, 0.1) is 34.1 Å². The molecule has 0 aliphatic rings. The molecule has 11 heteroatoms. The summed E-state index contributed by atoms with van der Waals surface area (Å²) in [7, 11) is -1.93. The van der Waals surface area contributed by atoms with Crippen molar-refractivity contribution in [2.24, 2.45) is 5.73 Å². The van der Waals surface area contributed by atoms with Gasteiger partial charge in [-0.05, 0) is 49.0 Å². The maximum atomic E-state index is 12.9. The lowest BCUT2D eigenvalue weighted by atomic mass is 10.2. The number of pyridine rings is 1. The van der Waals surface area contributed by atoms with E-state index in [-0.39, 0.29) is 16.3 Å². The monoisotopic (exact) mass is 457 g/mol.